The van der Waals surface area contributed by atoms with Crippen LogP contribution in [0.25, 0.3) is 0 Å². The minimum atomic E-state index is -0.380. The molecule has 2 aromatic carbocycles. The number of rotatable bonds is 2. The van der Waals surface area contributed by atoms with Gasteiger partial charge < -0.3 is 14.9 Å². The van der Waals surface area contributed by atoms with Gasteiger partial charge in [-0.3, -0.25) is 9.59 Å². The van der Waals surface area contributed by atoms with Crippen molar-refractivity contribution in [1.82, 2.24) is 0 Å². The van der Waals surface area contributed by atoms with Gasteiger partial charge in [0.1, 0.15) is 17.2 Å². The van der Waals surface area contributed by atoms with E-state index >= 15 is 0 Å². The van der Waals surface area contributed by atoms with Gasteiger partial charge in [-0.1, -0.05) is 18.2 Å². The standard InChI is InChI=1S/C15H14O3.C4H6O2/c16-13-4-1-10(2-5-13)12-7-11-3-6-14(17)8-15(11)18-9-12;1-3(5)4(2)6/h1-6,8,12,16-17H,7,9H2;1-2H3/t12-;/m1./s1. The van der Waals surface area contributed by atoms with Crippen LogP contribution in [-0.4, -0.2) is 28.4 Å². The van der Waals surface area contributed by atoms with Crippen LogP contribution in [0.5, 0.6) is 17.2 Å². The summed E-state index contributed by atoms with van der Waals surface area (Å²) >= 11 is 0. The van der Waals surface area contributed by atoms with E-state index in [1.807, 2.05) is 18.2 Å². The Bertz CT molecular complexity index is 722. The molecule has 0 aliphatic carbocycles. The molecule has 0 radical (unpaired) electrons. The van der Waals surface area contributed by atoms with Gasteiger partial charge in [-0.15, -0.1) is 0 Å². The van der Waals surface area contributed by atoms with Crippen LogP contribution in [0.4, 0.5) is 0 Å². The highest BCUT2D eigenvalue weighted by molar-refractivity contribution is 6.35. The first-order chi connectivity index (χ1) is 11.4. The lowest BCUT2D eigenvalue weighted by Crippen LogP contribution is -2.18. The van der Waals surface area contributed by atoms with Gasteiger partial charge in [-0.2, -0.15) is 0 Å². The van der Waals surface area contributed by atoms with E-state index in [2.05, 4.69) is 0 Å². The largest absolute Gasteiger partial charge is 0.508 e. The predicted octanol–water partition coefficient (Wildman–Crippen LogP) is 2.98. The third kappa shape index (κ3) is 4.59. The Balaban J connectivity index is 0.000000301. The fourth-order valence-corrected chi connectivity index (χ4v) is 2.32. The monoisotopic (exact) mass is 328 g/mol. The Morgan fingerprint density at radius 3 is 2.12 bits per heavy atom. The zero-order chi connectivity index (χ0) is 17.7. The molecule has 0 unspecified atom stereocenters. The van der Waals surface area contributed by atoms with E-state index in [0.29, 0.717) is 12.5 Å². The average Bonchev–Trinajstić information content (AvgIpc) is 2.55. The maximum absolute atomic E-state index is 9.79. The van der Waals surface area contributed by atoms with Gasteiger partial charge in [-0.25, -0.2) is 0 Å². The molecule has 1 atom stereocenters. The summed E-state index contributed by atoms with van der Waals surface area (Å²) in [5.41, 5.74) is 2.27. The Hall–Kier alpha value is -2.82. The normalized spacial score (nSPS) is 15.3. The number of carbonyl (C=O) groups is 2. The SMILES string of the molecule is CC(=O)C(C)=O.Oc1ccc([C@H]2COc3cc(O)ccc3C2)cc1. The summed E-state index contributed by atoms with van der Waals surface area (Å²) < 4.78 is 5.68. The molecule has 2 aromatic rings. The Labute approximate surface area is 140 Å². The van der Waals surface area contributed by atoms with Crippen LogP contribution in [-0.2, 0) is 16.0 Å². The molecule has 1 aliphatic rings. The highest BCUT2D eigenvalue weighted by Crippen LogP contribution is 2.34. The summed E-state index contributed by atoms with van der Waals surface area (Å²) in [5, 5.41) is 18.7. The first-order valence-electron chi connectivity index (χ1n) is 7.62. The molecule has 0 saturated carbocycles. The number of ketones is 2. The average molecular weight is 328 g/mol. The number of phenols is 2. The quantitative estimate of drug-likeness (QED) is 0.828. The molecule has 126 valence electrons. The maximum Gasteiger partial charge on any atom is 0.195 e. The maximum atomic E-state index is 9.79. The van der Waals surface area contributed by atoms with Crippen LogP contribution in [0.3, 0.4) is 0 Å². The number of hydrogen-bond donors (Lipinski definition) is 2. The van der Waals surface area contributed by atoms with Crippen molar-refractivity contribution in [3.63, 3.8) is 0 Å². The van der Waals surface area contributed by atoms with Gasteiger partial charge in [0.15, 0.2) is 11.6 Å². The molecular weight excluding hydrogens is 308 g/mol. The van der Waals surface area contributed by atoms with Crippen molar-refractivity contribution in [1.29, 1.82) is 0 Å². The summed E-state index contributed by atoms with van der Waals surface area (Å²) in [5.74, 6) is 0.815. The molecule has 3 rings (SSSR count). The van der Waals surface area contributed by atoms with E-state index in [0.717, 1.165) is 23.3 Å². The fourth-order valence-electron chi connectivity index (χ4n) is 2.32. The van der Waals surface area contributed by atoms with Crippen LogP contribution in [0.2, 0.25) is 0 Å². The van der Waals surface area contributed by atoms with Crippen LogP contribution in [0.15, 0.2) is 42.5 Å². The molecular formula is C19H20O5. The van der Waals surface area contributed by atoms with E-state index in [9.17, 15) is 19.8 Å². The van der Waals surface area contributed by atoms with Crippen molar-refractivity contribution in [2.45, 2.75) is 26.2 Å². The number of hydrogen-bond acceptors (Lipinski definition) is 5. The van der Waals surface area contributed by atoms with Crippen molar-refractivity contribution >= 4 is 11.6 Å². The van der Waals surface area contributed by atoms with Crippen LogP contribution in [0.1, 0.15) is 30.9 Å². The summed E-state index contributed by atoms with van der Waals surface area (Å²) in [6.07, 6.45) is 0.889. The summed E-state index contributed by atoms with van der Waals surface area (Å²) in [7, 11) is 0. The van der Waals surface area contributed by atoms with E-state index in [4.69, 9.17) is 4.74 Å². The fraction of sp³-hybridized carbons (Fsp3) is 0.263. The molecule has 0 saturated heterocycles. The topological polar surface area (TPSA) is 83.8 Å². The first kappa shape index (κ1) is 17.5. The summed E-state index contributed by atoms with van der Waals surface area (Å²) in [4.78, 5) is 19.6. The number of benzene rings is 2. The summed E-state index contributed by atoms with van der Waals surface area (Å²) in [6.45, 7) is 3.10. The van der Waals surface area contributed by atoms with Crippen LogP contribution >= 0.6 is 0 Å². The van der Waals surface area contributed by atoms with Gasteiger partial charge in [0, 0.05) is 25.8 Å². The van der Waals surface area contributed by atoms with Gasteiger partial charge in [0.2, 0.25) is 0 Å². The Kier molecular flexibility index (Phi) is 5.58. The summed E-state index contributed by atoms with van der Waals surface area (Å²) in [6, 6.07) is 12.5. The van der Waals surface area contributed by atoms with E-state index in [1.165, 1.54) is 13.8 Å². The zero-order valence-electron chi connectivity index (χ0n) is 13.7. The van der Waals surface area contributed by atoms with Crippen molar-refractivity contribution in [3.8, 4) is 17.2 Å². The highest BCUT2D eigenvalue weighted by atomic mass is 16.5. The molecule has 0 spiro atoms. The lowest BCUT2D eigenvalue weighted by Gasteiger charge is -2.25. The smallest absolute Gasteiger partial charge is 0.195 e. The molecule has 5 nitrogen and oxygen atoms in total. The number of Topliss-reactive ketones (excluding diaryl/α,β-unsaturated/α-hetero) is 2. The molecule has 0 amide bonds. The molecule has 0 bridgehead atoms. The number of fused-ring (bicyclic) bond motifs is 1. The van der Waals surface area contributed by atoms with E-state index < -0.39 is 0 Å². The van der Waals surface area contributed by atoms with Gasteiger partial charge in [0.05, 0.1) is 6.61 Å². The number of carbonyl (C=O) groups excluding carboxylic acids is 2. The molecule has 24 heavy (non-hydrogen) atoms. The molecule has 0 aromatic heterocycles. The lowest BCUT2D eigenvalue weighted by atomic mass is 9.90. The second-order valence-electron chi connectivity index (χ2n) is 5.71. The molecule has 0 fully saturated rings. The Morgan fingerprint density at radius 2 is 1.54 bits per heavy atom. The molecule has 5 heteroatoms. The van der Waals surface area contributed by atoms with E-state index in [1.54, 1.807) is 24.3 Å². The number of ether oxygens (including phenoxy) is 1. The van der Waals surface area contributed by atoms with Crippen molar-refractivity contribution < 1.29 is 24.5 Å². The first-order valence-corrected chi connectivity index (χ1v) is 7.62. The van der Waals surface area contributed by atoms with Crippen LogP contribution in [0, 0.1) is 0 Å². The van der Waals surface area contributed by atoms with Crippen molar-refractivity contribution in [2.24, 2.45) is 0 Å². The van der Waals surface area contributed by atoms with Crippen LogP contribution < -0.4 is 4.74 Å². The third-order valence-electron chi connectivity index (χ3n) is 3.82. The van der Waals surface area contributed by atoms with Gasteiger partial charge in [0.25, 0.3) is 0 Å². The highest BCUT2D eigenvalue weighted by Gasteiger charge is 2.21. The second kappa shape index (κ2) is 7.64. The van der Waals surface area contributed by atoms with E-state index in [-0.39, 0.29) is 23.1 Å². The Morgan fingerprint density at radius 1 is 0.958 bits per heavy atom. The van der Waals surface area contributed by atoms with Crippen molar-refractivity contribution in [2.75, 3.05) is 6.61 Å². The minimum absolute atomic E-state index is 0.233. The molecule has 1 heterocycles. The van der Waals surface area contributed by atoms with Gasteiger partial charge >= 0.3 is 0 Å². The molecule has 1 aliphatic heterocycles. The second-order valence-corrected chi connectivity index (χ2v) is 5.71. The molecule has 2 N–H and O–H groups in total. The lowest BCUT2D eigenvalue weighted by molar-refractivity contribution is -0.134. The van der Waals surface area contributed by atoms with Crippen molar-refractivity contribution in [3.05, 3.63) is 53.6 Å². The predicted molar refractivity (Wildman–Crippen MR) is 89.5 cm³/mol. The third-order valence-corrected chi connectivity index (χ3v) is 3.82. The number of aromatic hydroxyl groups is 2. The number of phenolic OH excluding ortho intramolecular Hbond substituents is 2. The minimum Gasteiger partial charge on any atom is -0.508 e. The van der Waals surface area contributed by atoms with Gasteiger partial charge in [-0.05, 0) is 35.7 Å². The zero-order valence-corrected chi connectivity index (χ0v) is 13.7.